The maximum atomic E-state index is 14.1. The monoisotopic (exact) mass is 412 g/mol. The lowest BCUT2D eigenvalue weighted by Crippen LogP contribution is -2.49. The molecular weight excluding hydrogens is 379 g/mol. The summed E-state index contributed by atoms with van der Waals surface area (Å²) >= 11 is 0. The van der Waals surface area contributed by atoms with Gasteiger partial charge >= 0.3 is 5.97 Å². The van der Waals surface area contributed by atoms with Crippen LogP contribution in [0, 0.1) is 23.1 Å². The highest BCUT2D eigenvalue weighted by Gasteiger charge is 2.53. The molecule has 0 radical (unpaired) electrons. The number of esters is 1. The Balaban J connectivity index is 1.25. The Hall–Kier alpha value is -1.88. The molecule has 5 heteroatoms. The number of halogens is 1. The molecule has 2 saturated heterocycles. The van der Waals surface area contributed by atoms with Crippen LogP contribution in [0.25, 0.3) is 0 Å². The van der Waals surface area contributed by atoms with Gasteiger partial charge in [0, 0.05) is 38.6 Å². The molecule has 30 heavy (non-hydrogen) atoms. The van der Waals surface area contributed by atoms with E-state index in [1.165, 1.54) is 25.3 Å². The van der Waals surface area contributed by atoms with Crippen molar-refractivity contribution in [1.29, 1.82) is 0 Å². The largest absolute Gasteiger partial charge is 0.462 e. The van der Waals surface area contributed by atoms with Gasteiger partial charge in [0.2, 0.25) is 0 Å². The number of benzene rings is 1. The highest BCUT2D eigenvalue weighted by atomic mass is 19.1. The third kappa shape index (κ3) is 3.45. The van der Waals surface area contributed by atoms with Crippen molar-refractivity contribution in [3.8, 4) is 0 Å². The molecule has 0 aromatic heterocycles. The van der Waals surface area contributed by atoms with Crippen LogP contribution in [0.4, 0.5) is 10.1 Å². The molecule has 1 aromatic carbocycles. The first-order chi connectivity index (χ1) is 14.4. The molecule has 5 rings (SSSR count). The van der Waals surface area contributed by atoms with E-state index in [0.29, 0.717) is 11.6 Å². The predicted molar refractivity (Wildman–Crippen MR) is 116 cm³/mol. The van der Waals surface area contributed by atoms with Gasteiger partial charge in [-0.2, -0.15) is 0 Å². The van der Waals surface area contributed by atoms with Gasteiger partial charge < -0.3 is 9.64 Å². The van der Waals surface area contributed by atoms with Gasteiger partial charge in [0.25, 0.3) is 0 Å². The summed E-state index contributed by atoms with van der Waals surface area (Å²) in [7, 11) is 0. The summed E-state index contributed by atoms with van der Waals surface area (Å²) in [6, 6.07) is 6.99. The normalized spacial score (nSPS) is 34.6. The van der Waals surface area contributed by atoms with Crippen molar-refractivity contribution in [1.82, 2.24) is 4.90 Å². The number of fused-ring (bicyclic) bond motifs is 2. The number of ether oxygens (including phenoxy) is 1. The van der Waals surface area contributed by atoms with E-state index >= 15 is 0 Å². The first-order valence-electron chi connectivity index (χ1n) is 11.6. The molecule has 4 atom stereocenters. The Morgan fingerprint density at radius 3 is 2.73 bits per heavy atom. The smallest absolute Gasteiger partial charge is 0.310 e. The summed E-state index contributed by atoms with van der Waals surface area (Å²) in [4.78, 5) is 17.3. The Labute approximate surface area is 179 Å². The van der Waals surface area contributed by atoms with Crippen molar-refractivity contribution < 1.29 is 13.9 Å². The summed E-state index contributed by atoms with van der Waals surface area (Å²) in [6.45, 7) is 8.74. The Bertz CT molecular complexity index is 860. The van der Waals surface area contributed by atoms with E-state index in [-0.39, 0.29) is 29.2 Å². The average molecular weight is 413 g/mol. The number of carbonyl (C=O) groups excluding carboxylic acids is 1. The second-order valence-corrected chi connectivity index (χ2v) is 10.1. The summed E-state index contributed by atoms with van der Waals surface area (Å²) in [6.07, 6.45) is 5.80. The second-order valence-electron chi connectivity index (χ2n) is 10.1. The van der Waals surface area contributed by atoms with Crippen LogP contribution in [0.2, 0.25) is 0 Å². The zero-order chi connectivity index (χ0) is 20.9. The summed E-state index contributed by atoms with van der Waals surface area (Å²) < 4.78 is 20.0. The number of para-hydroxylation sites is 1. The van der Waals surface area contributed by atoms with Crippen LogP contribution in [0.5, 0.6) is 0 Å². The Morgan fingerprint density at radius 2 is 1.97 bits per heavy atom. The fourth-order valence-corrected chi connectivity index (χ4v) is 6.48. The minimum atomic E-state index is -0.158. The fraction of sp³-hybridized carbons (Fsp3) is 0.640. The van der Waals surface area contributed by atoms with Gasteiger partial charge in [-0.15, -0.1) is 0 Å². The molecular formula is C25H33FN2O2. The molecule has 162 valence electrons. The molecule has 2 aliphatic heterocycles. The lowest BCUT2D eigenvalue weighted by Gasteiger charge is -2.46. The van der Waals surface area contributed by atoms with Crippen molar-refractivity contribution in [2.75, 3.05) is 37.6 Å². The van der Waals surface area contributed by atoms with Crippen molar-refractivity contribution >= 4 is 11.7 Å². The number of piperazine rings is 1. The number of carbonyl (C=O) groups is 1. The number of rotatable bonds is 3. The molecule has 1 unspecified atom stereocenters. The number of nitrogens with zero attached hydrogens (tertiary/aromatic N) is 2. The second kappa shape index (κ2) is 7.67. The van der Waals surface area contributed by atoms with Crippen molar-refractivity contribution in [2.24, 2.45) is 17.3 Å². The maximum Gasteiger partial charge on any atom is 0.310 e. The van der Waals surface area contributed by atoms with Crippen molar-refractivity contribution in [2.45, 2.75) is 52.1 Å². The molecule has 0 spiro atoms. The van der Waals surface area contributed by atoms with Crippen LogP contribution in [-0.2, 0) is 9.53 Å². The van der Waals surface area contributed by atoms with Crippen LogP contribution >= 0.6 is 0 Å². The molecule has 4 aliphatic rings. The molecule has 1 saturated carbocycles. The minimum Gasteiger partial charge on any atom is -0.462 e. The van der Waals surface area contributed by atoms with Crippen LogP contribution < -0.4 is 4.90 Å². The summed E-state index contributed by atoms with van der Waals surface area (Å²) in [5.41, 5.74) is 4.08. The molecule has 2 heterocycles. The van der Waals surface area contributed by atoms with E-state index < -0.39 is 0 Å². The van der Waals surface area contributed by atoms with E-state index in [1.54, 1.807) is 17.2 Å². The molecule has 0 amide bonds. The molecule has 0 N–H and O–H groups in total. The van der Waals surface area contributed by atoms with Gasteiger partial charge in [-0.25, -0.2) is 4.39 Å². The molecule has 3 fully saturated rings. The first-order valence-corrected chi connectivity index (χ1v) is 11.6. The third-order valence-electron chi connectivity index (χ3n) is 8.20. The van der Waals surface area contributed by atoms with Crippen LogP contribution in [-0.4, -0.2) is 49.7 Å². The number of hydrogen-bond acceptors (Lipinski definition) is 4. The maximum absolute atomic E-state index is 14.1. The van der Waals surface area contributed by atoms with Gasteiger partial charge in [0.05, 0.1) is 11.6 Å². The van der Waals surface area contributed by atoms with E-state index in [2.05, 4.69) is 23.6 Å². The van der Waals surface area contributed by atoms with E-state index in [9.17, 15) is 9.18 Å². The van der Waals surface area contributed by atoms with E-state index in [0.717, 1.165) is 45.6 Å². The van der Waals surface area contributed by atoms with E-state index in [4.69, 9.17) is 4.74 Å². The highest BCUT2D eigenvalue weighted by molar-refractivity contribution is 5.76. The summed E-state index contributed by atoms with van der Waals surface area (Å²) in [5.74, 6) is 0.136. The number of hydrogen-bond donors (Lipinski definition) is 0. The molecule has 0 bridgehead atoms. The van der Waals surface area contributed by atoms with Crippen LogP contribution in [0.1, 0.15) is 46.0 Å². The Morgan fingerprint density at radius 1 is 1.20 bits per heavy atom. The van der Waals surface area contributed by atoms with Gasteiger partial charge in [-0.05, 0) is 56.6 Å². The predicted octanol–water partition coefficient (Wildman–Crippen LogP) is 4.41. The number of allylic oxidation sites excluding steroid dienone is 2. The van der Waals surface area contributed by atoms with Gasteiger partial charge in [-0.3, -0.25) is 9.69 Å². The lowest BCUT2D eigenvalue weighted by atomic mass is 9.59. The van der Waals surface area contributed by atoms with Crippen molar-refractivity contribution in [3.05, 3.63) is 41.2 Å². The fourth-order valence-electron chi connectivity index (χ4n) is 6.48. The lowest BCUT2D eigenvalue weighted by molar-refractivity contribution is -0.145. The van der Waals surface area contributed by atoms with Gasteiger partial charge in [0.15, 0.2) is 0 Å². The molecule has 4 nitrogen and oxygen atoms in total. The zero-order valence-corrected chi connectivity index (χ0v) is 18.2. The number of anilines is 1. The van der Waals surface area contributed by atoms with Crippen LogP contribution in [0.3, 0.4) is 0 Å². The Kier molecular flexibility index (Phi) is 5.12. The minimum absolute atomic E-state index is 0.00188. The average Bonchev–Trinajstić information content (AvgIpc) is 3.01. The third-order valence-corrected chi connectivity index (χ3v) is 8.20. The topological polar surface area (TPSA) is 32.8 Å². The molecule has 1 aromatic rings. The SMILES string of the molecule is CC1=C2C[C@@H]3C(CN4CCN(c5ccccc5F)CC4)C(=O)O[C@@H]3C[C@@]2(C)CCC1. The quantitative estimate of drug-likeness (QED) is 0.544. The summed E-state index contributed by atoms with van der Waals surface area (Å²) in [5, 5.41) is 0. The first kappa shape index (κ1) is 20.0. The zero-order valence-electron chi connectivity index (χ0n) is 18.2. The molecule has 2 aliphatic carbocycles. The van der Waals surface area contributed by atoms with E-state index in [1.807, 2.05) is 12.1 Å². The van der Waals surface area contributed by atoms with Gasteiger partial charge in [-0.1, -0.05) is 30.2 Å². The van der Waals surface area contributed by atoms with Crippen LogP contribution in [0.15, 0.2) is 35.4 Å². The van der Waals surface area contributed by atoms with Crippen molar-refractivity contribution in [3.63, 3.8) is 0 Å². The van der Waals surface area contributed by atoms with Gasteiger partial charge in [0.1, 0.15) is 11.9 Å². The standard InChI is InChI=1S/C25H33FN2O2/c1-17-6-5-9-25(2)15-23-18(14-20(17)25)19(24(29)30-23)16-27-10-12-28(13-11-27)22-8-4-3-7-21(22)26/h3-4,7-8,18-19,23H,5-6,9-16H2,1-2H3/t18-,19?,23-,25-/m1/s1. The highest BCUT2D eigenvalue weighted by Crippen LogP contribution is 2.55.